The van der Waals surface area contributed by atoms with Gasteiger partial charge in [-0.1, -0.05) is 5.21 Å². The first kappa shape index (κ1) is 12.3. The van der Waals surface area contributed by atoms with Crippen LogP contribution >= 0.6 is 0 Å². The van der Waals surface area contributed by atoms with Gasteiger partial charge < -0.3 is 5.11 Å². The Morgan fingerprint density at radius 3 is 2.71 bits per heavy atom. The van der Waals surface area contributed by atoms with Crippen molar-refractivity contribution >= 4 is 0 Å². The van der Waals surface area contributed by atoms with Gasteiger partial charge in [0.1, 0.15) is 5.54 Å². The van der Waals surface area contributed by atoms with Crippen LogP contribution in [-0.2, 0) is 13.1 Å². The molecule has 2 N–H and O–H groups in total. The zero-order valence-corrected chi connectivity index (χ0v) is 9.04. The van der Waals surface area contributed by atoms with Gasteiger partial charge in [0.15, 0.2) is 0 Å². The molecule has 5 nitrogen and oxygen atoms in total. The van der Waals surface area contributed by atoms with Crippen molar-refractivity contribution in [2.45, 2.75) is 37.6 Å². The topological polar surface area (TPSA) is 63.0 Å². The summed E-state index contributed by atoms with van der Waals surface area (Å²) in [5.74, 6) is 0. The summed E-state index contributed by atoms with van der Waals surface area (Å²) in [6.45, 7) is 0.241. The number of hydrogen-bond donors (Lipinski definition) is 2. The smallest absolute Gasteiger partial charge is 0.394 e. The molecule has 0 aliphatic heterocycles. The first-order valence-corrected chi connectivity index (χ1v) is 5.28. The van der Waals surface area contributed by atoms with Gasteiger partial charge in [-0.05, 0) is 12.8 Å². The second kappa shape index (κ2) is 4.26. The third-order valence-corrected chi connectivity index (χ3v) is 2.82. The van der Waals surface area contributed by atoms with E-state index < -0.39 is 11.7 Å². The third-order valence-electron chi connectivity index (χ3n) is 2.82. The Hall–Kier alpha value is -1.15. The molecule has 8 heteroatoms. The van der Waals surface area contributed by atoms with Crippen molar-refractivity contribution < 1.29 is 18.3 Å². The summed E-state index contributed by atoms with van der Waals surface area (Å²) in [7, 11) is 0. The summed E-state index contributed by atoms with van der Waals surface area (Å²) < 4.78 is 39.2. The number of rotatable bonds is 5. The molecule has 1 saturated carbocycles. The molecular weight excluding hydrogens is 237 g/mol. The summed E-state index contributed by atoms with van der Waals surface area (Å²) >= 11 is 0. The lowest BCUT2D eigenvalue weighted by molar-refractivity contribution is -0.166. The molecule has 0 spiro atoms. The highest BCUT2D eigenvalue weighted by Crippen LogP contribution is 2.48. The molecule has 1 aliphatic rings. The summed E-state index contributed by atoms with van der Waals surface area (Å²) in [6, 6.07) is 0. The zero-order valence-electron chi connectivity index (χ0n) is 9.04. The summed E-state index contributed by atoms with van der Waals surface area (Å²) in [4.78, 5) is 0. The van der Waals surface area contributed by atoms with Crippen LogP contribution in [0.3, 0.4) is 0 Å². The molecule has 0 aromatic carbocycles. The van der Waals surface area contributed by atoms with Crippen molar-refractivity contribution in [3.63, 3.8) is 0 Å². The van der Waals surface area contributed by atoms with Gasteiger partial charge in [-0.25, -0.2) is 4.68 Å². The maximum Gasteiger partial charge on any atom is 0.406 e. The Morgan fingerprint density at radius 1 is 1.47 bits per heavy atom. The minimum absolute atomic E-state index is 0.0327. The summed E-state index contributed by atoms with van der Waals surface area (Å²) in [5.41, 5.74) is -1.29. The largest absolute Gasteiger partial charge is 0.406 e. The highest BCUT2D eigenvalue weighted by atomic mass is 19.4. The van der Waals surface area contributed by atoms with E-state index in [-0.39, 0.29) is 32.5 Å². The lowest BCUT2D eigenvalue weighted by Crippen LogP contribution is -2.44. The van der Waals surface area contributed by atoms with E-state index in [4.69, 9.17) is 5.11 Å². The number of aromatic nitrogens is 3. The minimum atomic E-state index is -4.21. The van der Waals surface area contributed by atoms with Gasteiger partial charge in [0, 0.05) is 12.7 Å². The van der Waals surface area contributed by atoms with Crippen molar-refractivity contribution in [2.75, 3.05) is 6.61 Å². The van der Waals surface area contributed by atoms with Crippen LogP contribution in [0.4, 0.5) is 13.2 Å². The molecule has 0 saturated heterocycles. The summed E-state index contributed by atoms with van der Waals surface area (Å²) in [5, 5.41) is 18.5. The number of halogens is 3. The number of nitrogens with one attached hydrogen (secondary N) is 1. The molecule has 96 valence electrons. The average Bonchev–Trinajstić information content (AvgIpc) is 2.92. The standard InChI is InChI=1S/C9H13F3N4O/c10-9(11,12)8(1-2-8)13-5-7-6-16(3-4-17)15-14-7/h6,13,17H,1-5H2. The number of aliphatic hydroxyl groups excluding tert-OH is 1. The highest BCUT2D eigenvalue weighted by molar-refractivity contribution is 5.09. The molecule has 0 unspecified atom stereocenters. The molecular formula is C9H13F3N4O. The van der Waals surface area contributed by atoms with Crippen LogP contribution in [0.25, 0.3) is 0 Å². The molecule has 1 aromatic heterocycles. The normalized spacial score (nSPS) is 18.4. The molecule has 1 aromatic rings. The van der Waals surface area contributed by atoms with Gasteiger partial charge in [0.2, 0.25) is 0 Å². The molecule has 2 rings (SSSR count). The van der Waals surface area contributed by atoms with Gasteiger partial charge in [0.05, 0.1) is 18.8 Å². The minimum Gasteiger partial charge on any atom is -0.394 e. The first-order valence-electron chi connectivity index (χ1n) is 5.28. The predicted octanol–water partition coefficient (Wildman–Crippen LogP) is 0.455. The van der Waals surface area contributed by atoms with Gasteiger partial charge in [-0.15, -0.1) is 5.10 Å². The molecule has 1 fully saturated rings. The number of aliphatic hydroxyl groups is 1. The van der Waals surface area contributed by atoms with Gasteiger partial charge in [-0.2, -0.15) is 13.2 Å². The van der Waals surface area contributed by atoms with Crippen LogP contribution in [0.1, 0.15) is 18.5 Å². The Kier molecular flexibility index (Phi) is 3.09. The van der Waals surface area contributed by atoms with E-state index in [1.165, 1.54) is 10.9 Å². The second-order valence-electron chi connectivity index (χ2n) is 4.13. The molecule has 0 bridgehead atoms. The van der Waals surface area contributed by atoms with Crippen LogP contribution in [0.5, 0.6) is 0 Å². The lowest BCUT2D eigenvalue weighted by atomic mass is 10.2. The van der Waals surface area contributed by atoms with Gasteiger partial charge >= 0.3 is 6.18 Å². The maximum atomic E-state index is 12.6. The Balaban J connectivity index is 1.90. The monoisotopic (exact) mass is 250 g/mol. The number of alkyl halides is 3. The van der Waals surface area contributed by atoms with Crippen molar-refractivity contribution in [1.82, 2.24) is 20.3 Å². The lowest BCUT2D eigenvalue weighted by Gasteiger charge is -2.19. The van der Waals surface area contributed by atoms with Gasteiger partial charge in [-0.3, -0.25) is 5.32 Å². The third kappa shape index (κ3) is 2.58. The number of nitrogens with zero attached hydrogens (tertiary/aromatic N) is 3. The maximum absolute atomic E-state index is 12.6. The number of hydrogen-bond acceptors (Lipinski definition) is 4. The summed E-state index contributed by atoms with van der Waals surface area (Å²) in [6.07, 6.45) is -2.47. The molecule has 0 amide bonds. The van der Waals surface area contributed by atoms with Crippen molar-refractivity contribution in [3.05, 3.63) is 11.9 Å². The van der Waals surface area contributed by atoms with Crippen LogP contribution in [0.15, 0.2) is 6.20 Å². The molecule has 0 radical (unpaired) electrons. The van der Waals surface area contributed by atoms with E-state index in [9.17, 15) is 13.2 Å². The highest BCUT2D eigenvalue weighted by Gasteiger charge is 2.62. The fraction of sp³-hybridized carbons (Fsp3) is 0.778. The fourth-order valence-electron chi connectivity index (χ4n) is 1.58. The molecule has 17 heavy (non-hydrogen) atoms. The zero-order chi connectivity index (χ0) is 12.5. The molecule has 1 heterocycles. The Bertz CT molecular complexity index is 386. The van der Waals surface area contributed by atoms with E-state index in [1.54, 1.807) is 0 Å². The van der Waals surface area contributed by atoms with E-state index in [0.717, 1.165) is 0 Å². The fourth-order valence-corrected chi connectivity index (χ4v) is 1.58. The van der Waals surface area contributed by atoms with E-state index in [0.29, 0.717) is 5.69 Å². The predicted molar refractivity (Wildman–Crippen MR) is 52.0 cm³/mol. The molecule has 0 atom stereocenters. The van der Waals surface area contributed by atoms with Gasteiger partial charge in [0.25, 0.3) is 0 Å². The van der Waals surface area contributed by atoms with Crippen LogP contribution in [0, 0.1) is 0 Å². The quantitative estimate of drug-likeness (QED) is 0.796. The van der Waals surface area contributed by atoms with Crippen molar-refractivity contribution in [3.8, 4) is 0 Å². The van der Waals surface area contributed by atoms with E-state index >= 15 is 0 Å². The average molecular weight is 250 g/mol. The van der Waals surface area contributed by atoms with E-state index in [1.807, 2.05) is 0 Å². The second-order valence-corrected chi connectivity index (χ2v) is 4.13. The first-order chi connectivity index (χ1) is 7.97. The van der Waals surface area contributed by atoms with Crippen molar-refractivity contribution in [2.24, 2.45) is 0 Å². The molecule has 1 aliphatic carbocycles. The Labute approximate surface area is 95.6 Å². The van der Waals surface area contributed by atoms with E-state index in [2.05, 4.69) is 15.6 Å². The van der Waals surface area contributed by atoms with Crippen molar-refractivity contribution in [1.29, 1.82) is 0 Å². The van der Waals surface area contributed by atoms with Crippen LogP contribution in [0.2, 0.25) is 0 Å². The Morgan fingerprint density at radius 2 is 2.18 bits per heavy atom. The van der Waals surface area contributed by atoms with Crippen LogP contribution < -0.4 is 5.32 Å². The van der Waals surface area contributed by atoms with Crippen LogP contribution in [-0.4, -0.2) is 38.4 Å². The SMILES string of the molecule is OCCn1cc(CNC2(C(F)(F)F)CC2)nn1.